The van der Waals surface area contributed by atoms with Gasteiger partial charge >= 0.3 is 0 Å². The summed E-state index contributed by atoms with van der Waals surface area (Å²) >= 11 is 0. The summed E-state index contributed by atoms with van der Waals surface area (Å²) in [4.78, 5) is 26.2. The van der Waals surface area contributed by atoms with Gasteiger partial charge in [0.25, 0.3) is 5.91 Å². The lowest BCUT2D eigenvalue weighted by molar-refractivity contribution is -0.122. The van der Waals surface area contributed by atoms with Gasteiger partial charge in [-0.3, -0.25) is 9.59 Å². The number of aryl methyl sites for hydroxylation is 1. The van der Waals surface area contributed by atoms with E-state index in [2.05, 4.69) is 5.32 Å². The van der Waals surface area contributed by atoms with Gasteiger partial charge in [0.1, 0.15) is 5.75 Å². The van der Waals surface area contributed by atoms with Gasteiger partial charge in [-0.25, -0.2) is 0 Å². The summed E-state index contributed by atoms with van der Waals surface area (Å²) < 4.78 is 5.73. The molecule has 1 fully saturated rings. The number of nitrogens with one attached hydrogen (secondary N) is 1. The zero-order chi connectivity index (χ0) is 17.4. The highest BCUT2D eigenvalue weighted by Gasteiger charge is 2.29. The number of carbonyl (C=O) groups excluding carboxylic acids is 2. The molecule has 2 amide bonds. The second kappa shape index (κ2) is 6.24. The Bertz CT molecular complexity index is 822. The number of nitrogens with zero attached hydrogens (tertiary/aromatic N) is 1. The van der Waals surface area contributed by atoms with Gasteiger partial charge in [-0.1, -0.05) is 18.2 Å². The lowest BCUT2D eigenvalue weighted by Crippen LogP contribution is -2.31. The number of para-hydroxylation sites is 1. The first-order valence-electron chi connectivity index (χ1n) is 8.58. The molecule has 128 valence electrons. The molecule has 2 aliphatic rings. The molecule has 2 aromatic rings. The minimum Gasteiger partial charge on any atom is -0.480 e. The van der Waals surface area contributed by atoms with Gasteiger partial charge in [0.05, 0.1) is 0 Å². The SMILES string of the molecule is Cc1cc(NC(=O)[C@H]2Cc3ccccc3O2)ccc1N1CCCC1=O. The van der Waals surface area contributed by atoms with Gasteiger partial charge in [0, 0.05) is 30.8 Å². The number of benzene rings is 2. The van der Waals surface area contributed by atoms with E-state index >= 15 is 0 Å². The van der Waals surface area contributed by atoms with E-state index in [0.717, 1.165) is 41.2 Å². The molecule has 2 aliphatic heterocycles. The number of amides is 2. The Morgan fingerprint density at radius 3 is 2.80 bits per heavy atom. The summed E-state index contributed by atoms with van der Waals surface area (Å²) in [7, 11) is 0. The van der Waals surface area contributed by atoms with E-state index in [4.69, 9.17) is 4.74 Å². The van der Waals surface area contributed by atoms with Gasteiger partial charge in [0.15, 0.2) is 6.10 Å². The minimum absolute atomic E-state index is 0.152. The van der Waals surface area contributed by atoms with E-state index < -0.39 is 6.10 Å². The molecule has 1 saturated heterocycles. The fraction of sp³-hybridized carbons (Fsp3) is 0.300. The highest BCUT2D eigenvalue weighted by atomic mass is 16.5. The Morgan fingerprint density at radius 2 is 2.08 bits per heavy atom. The fourth-order valence-electron chi connectivity index (χ4n) is 3.49. The van der Waals surface area contributed by atoms with Crippen molar-refractivity contribution in [2.75, 3.05) is 16.8 Å². The molecule has 0 spiro atoms. The first-order valence-corrected chi connectivity index (χ1v) is 8.58. The molecule has 2 heterocycles. The predicted molar refractivity (Wildman–Crippen MR) is 96.0 cm³/mol. The number of carbonyl (C=O) groups is 2. The van der Waals surface area contributed by atoms with Gasteiger partial charge < -0.3 is 15.0 Å². The highest BCUT2D eigenvalue weighted by Crippen LogP contribution is 2.30. The molecular weight excluding hydrogens is 316 g/mol. The maximum atomic E-state index is 12.5. The third kappa shape index (κ3) is 2.97. The summed E-state index contributed by atoms with van der Waals surface area (Å²) in [6.45, 7) is 2.72. The molecule has 5 nitrogen and oxygen atoms in total. The van der Waals surface area contributed by atoms with Gasteiger partial charge in [-0.15, -0.1) is 0 Å². The highest BCUT2D eigenvalue weighted by molar-refractivity contribution is 5.98. The number of fused-ring (bicyclic) bond motifs is 1. The maximum absolute atomic E-state index is 12.5. The third-order valence-electron chi connectivity index (χ3n) is 4.77. The van der Waals surface area contributed by atoms with E-state index in [1.165, 1.54) is 0 Å². The summed E-state index contributed by atoms with van der Waals surface area (Å²) in [5.74, 6) is 0.791. The van der Waals surface area contributed by atoms with E-state index in [-0.39, 0.29) is 11.8 Å². The van der Waals surface area contributed by atoms with Gasteiger partial charge in [-0.05, 0) is 48.7 Å². The molecule has 0 aliphatic carbocycles. The van der Waals surface area contributed by atoms with Crippen LogP contribution in [-0.4, -0.2) is 24.5 Å². The van der Waals surface area contributed by atoms with E-state index in [1.54, 1.807) is 0 Å². The van der Waals surface area contributed by atoms with Crippen LogP contribution in [0.5, 0.6) is 5.75 Å². The lowest BCUT2D eigenvalue weighted by atomic mass is 10.1. The van der Waals surface area contributed by atoms with Crippen molar-refractivity contribution in [3.63, 3.8) is 0 Å². The van der Waals surface area contributed by atoms with Crippen LogP contribution in [0, 0.1) is 6.92 Å². The van der Waals surface area contributed by atoms with Crippen LogP contribution < -0.4 is 15.0 Å². The van der Waals surface area contributed by atoms with Crippen molar-refractivity contribution in [1.82, 2.24) is 0 Å². The van der Waals surface area contributed by atoms with Crippen molar-refractivity contribution in [3.05, 3.63) is 53.6 Å². The number of ether oxygens (including phenoxy) is 1. The lowest BCUT2D eigenvalue weighted by Gasteiger charge is -2.19. The molecule has 4 rings (SSSR count). The van der Waals surface area contributed by atoms with Gasteiger partial charge in [0.2, 0.25) is 5.91 Å². The van der Waals surface area contributed by atoms with Crippen LogP contribution in [-0.2, 0) is 16.0 Å². The van der Waals surface area contributed by atoms with Crippen LogP contribution in [0.4, 0.5) is 11.4 Å². The average Bonchev–Trinajstić information content (AvgIpc) is 3.21. The van der Waals surface area contributed by atoms with Crippen LogP contribution in [0.2, 0.25) is 0 Å². The van der Waals surface area contributed by atoms with Crippen LogP contribution in [0.15, 0.2) is 42.5 Å². The molecule has 2 aromatic carbocycles. The van der Waals surface area contributed by atoms with E-state index in [0.29, 0.717) is 12.8 Å². The summed E-state index contributed by atoms with van der Waals surface area (Å²) in [5, 5.41) is 2.92. The largest absolute Gasteiger partial charge is 0.480 e. The van der Waals surface area contributed by atoms with Crippen molar-refractivity contribution < 1.29 is 14.3 Å². The summed E-state index contributed by atoms with van der Waals surface area (Å²) in [6.07, 6.45) is 1.59. The molecule has 5 heteroatoms. The molecule has 0 radical (unpaired) electrons. The smallest absolute Gasteiger partial charge is 0.265 e. The topological polar surface area (TPSA) is 58.6 Å². The summed E-state index contributed by atoms with van der Waals surface area (Å²) in [5.41, 5.74) is 3.67. The summed E-state index contributed by atoms with van der Waals surface area (Å²) in [6, 6.07) is 13.4. The Labute approximate surface area is 146 Å². The first-order chi connectivity index (χ1) is 12.1. The molecule has 0 bridgehead atoms. The minimum atomic E-state index is -0.502. The monoisotopic (exact) mass is 336 g/mol. The molecule has 0 aromatic heterocycles. The predicted octanol–water partition coefficient (Wildman–Crippen LogP) is 3.06. The van der Waals surface area contributed by atoms with Crippen LogP contribution >= 0.6 is 0 Å². The molecule has 1 N–H and O–H groups in total. The standard InChI is InChI=1S/C20H20N2O3/c1-13-11-15(8-9-16(13)22-10-4-7-19(22)23)21-20(24)18-12-14-5-2-3-6-17(14)25-18/h2-3,5-6,8-9,11,18H,4,7,10,12H2,1H3,(H,21,24)/t18-/m1/s1. The molecular formula is C20H20N2O3. The molecule has 1 atom stereocenters. The van der Waals surface area contributed by atoms with Crippen LogP contribution in [0.3, 0.4) is 0 Å². The van der Waals surface area contributed by atoms with Crippen molar-refractivity contribution in [3.8, 4) is 5.75 Å². The molecule has 0 saturated carbocycles. The van der Waals surface area contributed by atoms with Crippen molar-refractivity contribution in [2.24, 2.45) is 0 Å². The van der Waals surface area contributed by atoms with E-state index in [1.807, 2.05) is 54.3 Å². The number of hydrogen-bond donors (Lipinski definition) is 1. The average molecular weight is 336 g/mol. The van der Waals surface area contributed by atoms with Crippen molar-refractivity contribution in [2.45, 2.75) is 32.3 Å². The second-order valence-electron chi connectivity index (χ2n) is 6.56. The van der Waals surface area contributed by atoms with Crippen molar-refractivity contribution in [1.29, 1.82) is 0 Å². The fourth-order valence-corrected chi connectivity index (χ4v) is 3.49. The normalized spacial score (nSPS) is 18.8. The quantitative estimate of drug-likeness (QED) is 0.937. The van der Waals surface area contributed by atoms with E-state index in [9.17, 15) is 9.59 Å². The van der Waals surface area contributed by atoms with Crippen LogP contribution in [0.1, 0.15) is 24.0 Å². The van der Waals surface area contributed by atoms with Crippen molar-refractivity contribution >= 4 is 23.2 Å². The second-order valence-corrected chi connectivity index (χ2v) is 6.56. The van der Waals surface area contributed by atoms with Crippen LogP contribution in [0.25, 0.3) is 0 Å². The third-order valence-corrected chi connectivity index (χ3v) is 4.77. The van der Waals surface area contributed by atoms with Gasteiger partial charge in [-0.2, -0.15) is 0 Å². The first kappa shape index (κ1) is 15.7. The number of anilines is 2. The number of hydrogen-bond acceptors (Lipinski definition) is 3. The molecule has 25 heavy (non-hydrogen) atoms. The zero-order valence-electron chi connectivity index (χ0n) is 14.1. The Hall–Kier alpha value is -2.82. The Kier molecular flexibility index (Phi) is 3.92. The molecule has 0 unspecified atom stereocenters. The zero-order valence-corrected chi connectivity index (χ0v) is 14.1. The Balaban J connectivity index is 1.46. The Morgan fingerprint density at radius 1 is 1.24 bits per heavy atom. The maximum Gasteiger partial charge on any atom is 0.265 e. The number of rotatable bonds is 3.